The minimum absolute atomic E-state index is 0.121. The molecule has 0 saturated carbocycles. The molecular weight excluding hydrogens is 509 g/mol. The maximum Gasteiger partial charge on any atom is 0.146 e. The van der Waals surface area contributed by atoms with Crippen molar-refractivity contribution in [3.05, 3.63) is 75.2 Å². The largest absolute Gasteiger partial charge is 0.489 e. The van der Waals surface area contributed by atoms with Gasteiger partial charge in [-0.3, -0.25) is 15.3 Å². The highest BCUT2D eigenvalue weighted by Crippen LogP contribution is 2.35. The molecule has 0 aliphatic carbocycles. The Labute approximate surface area is 226 Å². The topological polar surface area (TPSA) is 115 Å². The minimum atomic E-state index is 0.121. The van der Waals surface area contributed by atoms with Gasteiger partial charge >= 0.3 is 0 Å². The van der Waals surface area contributed by atoms with Gasteiger partial charge in [0.1, 0.15) is 24.2 Å². The van der Waals surface area contributed by atoms with E-state index in [4.69, 9.17) is 39.1 Å². The van der Waals surface area contributed by atoms with Crippen molar-refractivity contribution in [3.8, 4) is 11.8 Å². The fourth-order valence-corrected chi connectivity index (χ4v) is 5.51. The van der Waals surface area contributed by atoms with Crippen LogP contribution in [0.4, 0.5) is 11.5 Å². The van der Waals surface area contributed by atoms with Crippen molar-refractivity contribution in [2.24, 2.45) is 0 Å². The molecule has 10 heteroatoms. The van der Waals surface area contributed by atoms with Crippen molar-refractivity contribution in [2.45, 2.75) is 31.9 Å². The summed E-state index contributed by atoms with van der Waals surface area (Å²) >= 11 is 12.4. The molecule has 0 unspecified atom stereocenters. The predicted molar refractivity (Wildman–Crippen MR) is 146 cm³/mol. The minimum Gasteiger partial charge on any atom is -0.489 e. The molecule has 8 nitrogen and oxygen atoms in total. The zero-order valence-corrected chi connectivity index (χ0v) is 22.0. The molecular formula is C27H27Cl2N7O. The third kappa shape index (κ3) is 4.95. The number of likely N-dealkylation sites (tertiary alicyclic amines) is 1. The van der Waals surface area contributed by atoms with Crippen LogP contribution in [-0.2, 0) is 6.61 Å². The van der Waals surface area contributed by atoms with Crippen LogP contribution < -0.4 is 15.4 Å². The second kappa shape index (κ2) is 10.2. The number of benzene rings is 1. The van der Waals surface area contributed by atoms with E-state index in [-0.39, 0.29) is 17.9 Å². The fraction of sp³-hybridized carbons (Fsp3) is 0.333. The summed E-state index contributed by atoms with van der Waals surface area (Å²) in [5.41, 5.74) is 8.96. The molecule has 3 aromatic rings. The molecule has 0 radical (unpaired) electrons. The number of pyridine rings is 2. The van der Waals surface area contributed by atoms with Gasteiger partial charge in [0.15, 0.2) is 0 Å². The maximum atomic E-state index is 9.86. The van der Waals surface area contributed by atoms with Gasteiger partial charge in [0.2, 0.25) is 0 Å². The monoisotopic (exact) mass is 535 g/mol. The van der Waals surface area contributed by atoms with Gasteiger partial charge in [0.25, 0.3) is 0 Å². The molecule has 37 heavy (non-hydrogen) atoms. The number of nitrogens with two attached hydrogens (primary N) is 1. The molecule has 0 bridgehead atoms. The van der Waals surface area contributed by atoms with E-state index in [0.717, 1.165) is 26.2 Å². The standard InChI is InChI=1S/C27H27Cl2N7O/c1-27(36-6-2-3-7-36)15-35(16-27)26-17(10-30)8-18(11-34-26)25(32)20-9-19(4-5-24(20)31)37-14-21-22(28)12-33-13-23(21)29/h4-5,8-9,11-13,32H,2-3,6-7,14-16,31H2,1H3. The molecule has 2 aliphatic heterocycles. The number of ether oxygens (including phenoxy) is 1. The summed E-state index contributed by atoms with van der Waals surface area (Å²) in [6.07, 6.45) is 7.14. The van der Waals surface area contributed by atoms with Crippen LogP contribution >= 0.6 is 23.2 Å². The first-order valence-corrected chi connectivity index (χ1v) is 12.8. The summed E-state index contributed by atoms with van der Waals surface area (Å²) in [6.45, 7) is 6.35. The van der Waals surface area contributed by atoms with E-state index in [2.05, 4.69) is 32.8 Å². The van der Waals surface area contributed by atoms with Crippen LogP contribution in [0.1, 0.15) is 42.0 Å². The number of rotatable bonds is 7. The molecule has 1 aromatic carbocycles. The van der Waals surface area contributed by atoms with Crippen molar-refractivity contribution in [1.29, 1.82) is 10.7 Å². The first-order valence-electron chi connectivity index (χ1n) is 12.1. The van der Waals surface area contributed by atoms with Crippen molar-refractivity contribution in [2.75, 3.05) is 36.8 Å². The van der Waals surface area contributed by atoms with Gasteiger partial charge < -0.3 is 15.4 Å². The van der Waals surface area contributed by atoms with E-state index in [1.54, 1.807) is 30.5 Å². The third-order valence-corrected chi connectivity index (χ3v) is 7.79. The van der Waals surface area contributed by atoms with Crippen molar-refractivity contribution < 1.29 is 4.74 Å². The van der Waals surface area contributed by atoms with Crippen LogP contribution in [0.25, 0.3) is 0 Å². The van der Waals surface area contributed by atoms with Gasteiger partial charge in [-0.15, -0.1) is 0 Å². The number of hydrogen-bond acceptors (Lipinski definition) is 8. The summed E-state index contributed by atoms with van der Waals surface area (Å²) in [7, 11) is 0. The molecule has 3 N–H and O–H groups in total. The Morgan fingerprint density at radius 3 is 2.54 bits per heavy atom. The van der Waals surface area contributed by atoms with Crippen molar-refractivity contribution >= 4 is 40.4 Å². The van der Waals surface area contributed by atoms with Gasteiger partial charge in [-0.25, -0.2) is 4.98 Å². The van der Waals surface area contributed by atoms with Crippen LogP contribution in [0.5, 0.6) is 5.75 Å². The van der Waals surface area contributed by atoms with E-state index in [0.29, 0.717) is 49.6 Å². The van der Waals surface area contributed by atoms with Gasteiger partial charge in [-0.2, -0.15) is 5.26 Å². The van der Waals surface area contributed by atoms with Crippen LogP contribution in [0.2, 0.25) is 10.0 Å². The maximum absolute atomic E-state index is 9.86. The Morgan fingerprint density at radius 1 is 1.16 bits per heavy atom. The van der Waals surface area contributed by atoms with E-state index in [1.165, 1.54) is 25.2 Å². The number of aromatic nitrogens is 2. The van der Waals surface area contributed by atoms with Crippen LogP contribution in [0, 0.1) is 16.7 Å². The molecule has 2 aliphatic rings. The average molecular weight is 536 g/mol. The normalized spacial score (nSPS) is 16.8. The zero-order chi connectivity index (χ0) is 26.2. The van der Waals surface area contributed by atoms with Crippen LogP contribution in [-0.4, -0.2) is 52.3 Å². The number of halogens is 2. The summed E-state index contributed by atoms with van der Waals surface area (Å²) < 4.78 is 5.89. The first-order chi connectivity index (χ1) is 17.8. The summed E-state index contributed by atoms with van der Waals surface area (Å²) in [6, 6.07) is 9.07. The second-order valence-corrected chi connectivity index (χ2v) is 10.6. The lowest BCUT2D eigenvalue weighted by Crippen LogP contribution is -2.68. The number of nitrogens with one attached hydrogen (secondary N) is 1. The molecule has 2 aromatic heterocycles. The summed E-state index contributed by atoms with van der Waals surface area (Å²) in [5.74, 6) is 1.16. The number of hydrogen-bond donors (Lipinski definition) is 2. The molecule has 190 valence electrons. The smallest absolute Gasteiger partial charge is 0.146 e. The Morgan fingerprint density at radius 2 is 1.86 bits per heavy atom. The van der Waals surface area contributed by atoms with E-state index < -0.39 is 0 Å². The predicted octanol–water partition coefficient (Wildman–Crippen LogP) is 4.91. The Balaban J connectivity index is 1.33. The average Bonchev–Trinajstić information content (AvgIpc) is 3.42. The lowest BCUT2D eigenvalue weighted by molar-refractivity contribution is 0.101. The highest BCUT2D eigenvalue weighted by molar-refractivity contribution is 6.35. The number of nitrogen functional groups attached to an aromatic ring is 1. The molecule has 0 spiro atoms. The van der Waals surface area contributed by atoms with E-state index >= 15 is 0 Å². The SMILES string of the molecule is CC1(N2CCCC2)CN(c2ncc(C(=N)c3cc(OCc4c(Cl)cncc4Cl)ccc3N)cc2C#N)C1. The number of nitrogens with zero attached hydrogens (tertiary/aromatic N) is 5. The Hall–Kier alpha value is -3.38. The van der Waals surface area contributed by atoms with Gasteiger partial charge in [-0.05, 0) is 57.1 Å². The lowest BCUT2D eigenvalue weighted by atomic mass is 9.89. The quantitative estimate of drug-likeness (QED) is 0.326. The molecule has 2 saturated heterocycles. The van der Waals surface area contributed by atoms with Gasteiger partial charge in [0.05, 0.1) is 26.9 Å². The lowest BCUT2D eigenvalue weighted by Gasteiger charge is -2.53. The Bertz CT molecular complexity index is 1370. The first kappa shape index (κ1) is 25.3. The van der Waals surface area contributed by atoms with Gasteiger partial charge in [0, 0.05) is 54.1 Å². The number of anilines is 2. The molecule has 4 heterocycles. The molecule has 0 atom stereocenters. The highest BCUT2D eigenvalue weighted by atomic mass is 35.5. The Kier molecular flexibility index (Phi) is 6.95. The summed E-state index contributed by atoms with van der Waals surface area (Å²) in [4.78, 5) is 13.2. The number of nitriles is 1. The van der Waals surface area contributed by atoms with Crippen LogP contribution in [0.3, 0.4) is 0 Å². The fourth-order valence-electron chi connectivity index (χ4n) is 5.04. The summed E-state index contributed by atoms with van der Waals surface area (Å²) in [5, 5.41) is 19.5. The third-order valence-electron chi connectivity index (χ3n) is 7.14. The second-order valence-electron chi connectivity index (χ2n) is 9.75. The van der Waals surface area contributed by atoms with E-state index in [9.17, 15) is 5.26 Å². The van der Waals surface area contributed by atoms with Gasteiger partial charge in [-0.1, -0.05) is 23.2 Å². The molecule has 5 rings (SSSR count). The van der Waals surface area contributed by atoms with Crippen molar-refractivity contribution in [3.63, 3.8) is 0 Å². The highest BCUT2D eigenvalue weighted by Gasteiger charge is 2.45. The van der Waals surface area contributed by atoms with Crippen molar-refractivity contribution in [1.82, 2.24) is 14.9 Å². The molecule has 0 amide bonds. The zero-order valence-electron chi connectivity index (χ0n) is 20.5. The van der Waals surface area contributed by atoms with E-state index in [1.807, 2.05) is 0 Å². The van der Waals surface area contributed by atoms with Crippen LogP contribution in [0.15, 0.2) is 42.9 Å². The molecule has 2 fully saturated rings.